The van der Waals surface area contributed by atoms with Crippen LogP contribution in [-0.2, 0) is 0 Å². The molecule has 0 radical (unpaired) electrons. The first kappa shape index (κ1) is 17.5. The third-order valence-corrected chi connectivity index (χ3v) is 5.15. The lowest BCUT2D eigenvalue weighted by Crippen LogP contribution is -2.39. The number of pyridine rings is 1. The Morgan fingerprint density at radius 2 is 2.00 bits per heavy atom. The number of carbonyl (C=O) groups excluding carboxylic acids is 1. The zero-order valence-electron chi connectivity index (χ0n) is 16.1. The first-order chi connectivity index (χ1) is 13.0. The quantitative estimate of drug-likeness (QED) is 0.715. The van der Waals surface area contributed by atoms with Gasteiger partial charge in [-0.05, 0) is 50.5 Å². The van der Waals surface area contributed by atoms with Gasteiger partial charge in [-0.25, -0.2) is 9.97 Å². The summed E-state index contributed by atoms with van der Waals surface area (Å²) < 4.78 is 2.10. The molecule has 27 heavy (non-hydrogen) atoms. The molecule has 3 aromatic heterocycles. The van der Waals surface area contributed by atoms with Crippen LogP contribution in [0.3, 0.4) is 0 Å². The molecule has 6 heteroatoms. The number of carbonyl (C=O) groups is 1. The van der Waals surface area contributed by atoms with Crippen molar-refractivity contribution < 1.29 is 4.79 Å². The lowest BCUT2D eigenvalue weighted by atomic mass is 9.99. The molecule has 4 rings (SSSR count). The van der Waals surface area contributed by atoms with Crippen molar-refractivity contribution in [1.29, 1.82) is 0 Å². The average molecular weight is 363 g/mol. The second-order valence-corrected chi connectivity index (χ2v) is 7.36. The van der Waals surface area contributed by atoms with Crippen LogP contribution in [0.5, 0.6) is 0 Å². The van der Waals surface area contributed by atoms with Crippen molar-refractivity contribution in [1.82, 2.24) is 19.3 Å². The van der Waals surface area contributed by atoms with Crippen LogP contribution in [0.15, 0.2) is 42.7 Å². The molecular weight excluding hydrogens is 338 g/mol. The zero-order chi connectivity index (χ0) is 19.0. The highest BCUT2D eigenvalue weighted by Gasteiger charge is 2.31. The van der Waals surface area contributed by atoms with E-state index in [9.17, 15) is 4.79 Å². The number of hydrogen-bond donors (Lipinski definition) is 0. The van der Waals surface area contributed by atoms with Gasteiger partial charge in [-0.15, -0.1) is 0 Å². The Hall–Kier alpha value is -2.89. The van der Waals surface area contributed by atoms with Crippen molar-refractivity contribution in [2.24, 2.45) is 0 Å². The SMILES string of the molecule is Cc1cccc(C(=O)N2CCCC[C@H]2c2cn3cccc3c(N(C)C)n2)n1. The Morgan fingerprint density at radius 3 is 2.78 bits per heavy atom. The Kier molecular flexibility index (Phi) is 4.56. The normalized spacial score (nSPS) is 17.3. The molecule has 1 fully saturated rings. The maximum atomic E-state index is 13.2. The number of piperidine rings is 1. The van der Waals surface area contributed by atoms with E-state index in [1.54, 1.807) is 6.07 Å². The molecule has 1 saturated heterocycles. The van der Waals surface area contributed by atoms with Gasteiger partial charge in [0.05, 0.1) is 17.3 Å². The number of rotatable bonds is 3. The average Bonchev–Trinajstić information content (AvgIpc) is 3.15. The van der Waals surface area contributed by atoms with Crippen LogP contribution in [0.25, 0.3) is 5.52 Å². The summed E-state index contributed by atoms with van der Waals surface area (Å²) in [4.78, 5) is 26.5. The van der Waals surface area contributed by atoms with E-state index in [4.69, 9.17) is 4.98 Å². The molecular formula is C21H25N5O. The summed E-state index contributed by atoms with van der Waals surface area (Å²) >= 11 is 0. The van der Waals surface area contributed by atoms with Gasteiger partial charge in [-0.2, -0.15) is 0 Å². The van der Waals surface area contributed by atoms with Crippen LogP contribution < -0.4 is 4.90 Å². The summed E-state index contributed by atoms with van der Waals surface area (Å²) in [6.45, 7) is 2.65. The maximum Gasteiger partial charge on any atom is 0.273 e. The summed E-state index contributed by atoms with van der Waals surface area (Å²) in [6.07, 6.45) is 7.12. The van der Waals surface area contributed by atoms with E-state index < -0.39 is 0 Å². The van der Waals surface area contributed by atoms with Gasteiger partial charge in [0, 0.05) is 38.7 Å². The van der Waals surface area contributed by atoms with Crippen LogP contribution in [0.2, 0.25) is 0 Å². The molecule has 1 amide bonds. The third-order valence-electron chi connectivity index (χ3n) is 5.15. The van der Waals surface area contributed by atoms with Crippen molar-refractivity contribution in [3.05, 3.63) is 59.8 Å². The minimum atomic E-state index is -0.0286. The van der Waals surface area contributed by atoms with Crippen molar-refractivity contribution in [2.45, 2.75) is 32.2 Å². The van der Waals surface area contributed by atoms with Gasteiger partial charge >= 0.3 is 0 Å². The molecule has 4 heterocycles. The van der Waals surface area contributed by atoms with E-state index in [1.807, 2.05) is 55.2 Å². The van der Waals surface area contributed by atoms with Crippen LogP contribution in [-0.4, -0.2) is 45.8 Å². The van der Waals surface area contributed by atoms with Gasteiger partial charge in [-0.1, -0.05) is 6.07 Å². The molecule has 0 aliphatic carbocycles. The van der Waals surface area contributed by atoms with Gasteiger partial charge < -0.3 is 14.2 Å². The monoisotopic (exact) mass is 363 g/mol. The number of anilines is 1. The van der Waals surface area contributed by atoms with E-state index in [0.29, 0.717) is 5.69 Å². The first-order valence-corrected chi connectivity index (χ1v) is 9.44. The third kappa shape index (κ3) is 3.27. The molecule has 6 nitrogen and oxygen atoms in total. The highest BCUT2D eigenvalue weighted by atomic mass is 16.2. The lowest BCUT2D eigenvalue weighted by Gasteiger charge is -2.35. The molecule has 0 unspecified atom stereocenters. The van der Waals surface area contributed by atoms with E-state index in [0.717, 1.165) is 48.5 Å². The maximum absolute atomic E-state index is 13.2. The number of aromatic nitrogens is 3. The molecule has 1 aliphatic heterocycles. The van der Waals surface area contributed by atoms with E-state index in [2.05, 4.69) is 21.6 Å². The largest absolute Gasteiger partial charge is 0.361 e. The van der Waals surface area contributed by atoms with Crippen LogP contribution in [0, 0.1) is 6.92 Å². The number of aryl methyl sites for hydroxylation is 1. The lowest BCUT2D eigenvalue weighted by molar-refractivity contribution is 0.0599. The summed E-state index contributed by atoms with van der Waals surface area (Å²) in [5.41, 5.74) is 3.37. The number of amides is 1. The van der Waals surface area contributed by atoms with E-state index in [-0.39, 0.29) is 11.9 Å². The predicted octanol–water partition coefficient (Wildman–Crippen LogP) is 3.47. The molecule has 0 aromatic carbocycles. The number of nitrogens with zero attached hydrogens (tertiary/aromatic N) is 5. The zero-order valence-corrected chi connectivity index (χ0v) is 16.1. The molecule has 0 saturated carbocycles. The Bertz CT molecular complexity index is 978. The topological polar surface area (TPSA) is 53.7 Å². The smallest absolute Gasteiger partial charge is 0.273 e. The predicted molar refractivity (Wildman–Crippen MR) is 106 cm³/mol. The van der Waals surface area contributed by atoms with Crippen LogP contribution in [0.4, 0.5) is 5.82 Å². The first-order valence-electron chi connectivity index (χ1n) is 9.44. The van der Waals surface area contributed by atoms with Gasteiger partial charge in [0.15, 0.2) is 5.82 Å². The number of hydrogen-bond acceptors (Lipinski definition) is 4. The van der Waals surface area contributed by atoms with Crippen molar-refractivity contribution in [3.8, 4) is 0 Å². The Labute approximate surface area is 159 Å². The minimum absolute atomic E-state index is 0.00999. The van der Waals surface area contributed by atoms with Gasteiger partial charge in [0.25, 0.3) is 5.91 Å². The fourth-order valence-electron chi connectivity index (χ4n) is 3.83. The van der Waals surface area contributed by atoms with E-state index >= 15 is 0 Å². The molecule has 1 aliphatic rings. The highest BCUT2D eigenvalue weighted by molar-refractivity contribution is 5.92. The Balaban J connectivity index is 1.74. The molecule has 0 spiro atoms. The van der Waals surface area contributed by atoms with Gasteiger partial charge in [-0.3, -0.25) is 4.79 Å². The summed E-state index contributed by atoms with van der Waals surface area (Å²) in [5, 5.41) is 0. The molecule has 0 bridgehead atoms. The van der Waals surface area contributed by atoms with Gasteiger partial charge in [0.2, 0.25) is 0 Å². The molecule has 0 N–H and O–H groups in total. The van der Waals surface area contributed by atoms with Crippen molar-refractivity contribution in [3.63, 3.8) is 0 Å². The number of fused-ring (bicyclic) bond motifs is 1. The molecule has 3 aromatic rings. The second kappa shape index (κ2) is 7.02. The standard InChI is InChI=1S/C21H25N5O/c1-15-8-6-9-16(22-15)21(27)26-13-5-4-10-18(26)17-14-25-12-7-11-19(25)20(23-17)24(2)3/h6-9,11-12,14,18H,4-5,10,13H2,1-3H3/t18-/m0/s1. The summed E-state index contributed by atoms with van der Waals surface area (Å²) in [7, 11) is 4.00. The summed E-state index contributed by atoms with van der Waals surface area (Å²) in [5.74, 6) is 0.911. The van der Waals surface area contributed by atoms with Crippen molar-refractivity contribution in [2.75, 3.05) is 25.5 Å². The van der Waals surface area contributed by atoms with Crippen molar-refractivity contribution >= 4 is 17.2 Å². The molecule has 140 valence electrons. The fraction of sp³-hybridized carbons (Fsp3) is 0.381. The van der Waals surface area contributed by atoms with Crippen LogP contribution in [0.1, 0.15) is 47.2 Å². The van der Waals surface area contributed by atoms with Crippen LogP contribution >= 0.6 is 0 Å². The Morgan fingerprint density at radius 1 is 1.15 bits per heavy atom. The second-order valence-electron chi connectivity index (χ2n) is 7.36. The minimum Gasteiger partial charge on any atom is -0.361 e. The highest BCUT2D eigenvalue weighted by Crippen LogP contribution is 2.33. The molecule has 1 atom stereocenters. The van der Waals surface area contributed by atoms with E-state index in [1.165, 1.54) is 0 Å². The summed E-state index contributed by atoms with van der Waals surface area (Å²) in [6, 6.07) is 9.66. The number of likely N-dealkylation sites (tertiary alicyclic amines) is 1. The van der Waals surface area contributed by atoms with Gasteiger partial charge in [0.1, 0.15) is 5.69 Å². The fourth-order valence-corrected chi connectivity index (χ4v) is 3.83.